The number of nitriles is 1. The molecular weight excluding hydrogens is 322 g/mol. The summed E-state index contributed by atoms with van der Waals surface area (Å²) in [5.41, 5.74) is 1.53. The van der Waals surface area contributed by atoms with Gasteiger partial charge in [0, 0.05) is 25.2 Å². The van der Waals surface area contributed by atoms with Gasteiger partial charge in [-0.05, 0) is 18.6 Å². The molecule has 128 valence electrons. The van der Waals surface area contributed by atoms with E-state index in [1.54, 1.807) is 0 Å². The van der Waals surface area contributed by atoms with Gasteiger partial charge in [-0.2, -0.15) is 5.26 Å². The van der Waals surface area contributed by atoms with Gasteiger partial charge in [0.2, 0.25) is 10.0 Å². The minimum atomic E-state index is -3.31. The summed E-state index contributed by atoms with van der Waals surface area (Å²) in [6, 6.07) is 12.2. The predicted octanol–water partition coefficient (Wildman–Crippen LogP) is 2.55. The number of benzene rings is 1. The van der Waals surface area contributed by atoms with Crippen molar-refractivity contribution < 1.29 is 8.42 Å². The highest BCUT2D eigenvalue weighted by atomic mass is 32.2. The zero-order valence-electron chi connectivity index (χ0n) is 14.1. The van der Waals surface area contributed by atoms with Gasteiger partial charge >= 0.3 is 0 Å². The average molecular weight is 345 g/mol. The third-order valence-electron chi connectivity index (χ3n) is 3.84. The molecule has 0 saturated heterocycles. The molecule has 6 heteroatoms. The maximum absolute atomic E-state index is 11.6. The van der Waals surface area contributed by atoms with Crippen LogP contribution < -0.4 is 4.72 Å². The Bertz CT molecular complexity index is 763. The van der Waals surface area contributed by atoms with Gasteiger partial charge in [-0.25, -0.2) is 13.1 Å². The van der Waals surface area contributed by atoms with Crippen molar-refractivity contribution in [3.63, 3.8) is 0 Å². The number of sulfonamides is 1. The molecule has 0 saturated carbocycles. The van der Waals surface area contributed by atoms with E-state index >= 15 is 0 Å². The molecule has 1 atom stereocenters. The maximum Gasteiger partial charge on any atom is 0.209 e. The SMILES string of the molecule is CC1(NS(C)(=O)=O)C=CC=C(N(CCC#N)Cc2ccccc2)C1. The van der Waals surface area contributed by atoms with Crippen molar-refractivity contribution in [1.82, 2.24) is 9.62 Å². The zero-order chi connectivity index (χ0) is 17.6. The zero-order valence-corrected chi connectivity index (χ0v) is 14.9. The van der Waals surface area contributed by atoms with Crippen molar-refractivity contribution in [3.05, 3.63) is 59.8 Å². The quantitative estimate of drug-likeness (QED) is 0.824. The lowest BCUT2D eigenvalue weighted by Gasteiger charge is -2.35. The van der Waals surface area contributed by atoms with Crippen molar-refractivity contribution >= 4 is 10.0 Å². The Hall–Kier alpha value is -2.10. The molecule has 1 aliphatic rings. The van der Waals surface area contributed by atoms with Crippen molar-refractivity contribution in [2.75, 3.05) is 12.8 Å². The first-order valence-corrected chi connectivity index (χ1v) is 9.74. The molecule has 0 aromatic heterocycles. The standard InChI is InChI=1S/C18H23N3O2S/c1-18(20-24(2,22)23)11-6-10-17(14-18)21(13-7-12-19)15-16-8-4-3-5-9-16/h3-6,8-11,20H,7,13-15H2,1-2H3. The number of hydrogen-bond acceptors (Lipinski definition) is 4. The molecule has 1 unspecified atom stereocenters. The van der Waals surface area contributed by atoms with Crippen molar-refractivity contribution in [3.8, 4) is 6.07 Å². The average Bonchev–Trinajstić information content (AvgIpc) is 2.50. The Balaban J connectivity index is 2.18. The monoisotopic (exact) mass is 345 g/mol. The van der Waals surface area contributed by atoms with Gasteiger partial charge in [-0.1, -0.05) is 42.5 Å². The van der Waals surface area contributed by atoms with E-state index < -0.39 is 15.6 Å². The molecule has 0 amide bonds. The predicted molar refractivity (Wildman–Crippen MR) is 95.3 cm³/mol. The van der Waals surface area contributed by atoms with Gasteiger partial charge < -0.3 is 4.90 Å². The number of allylic oxidation sites excluding steroid dienone is 2. The summed E-state index contributed by atoms with van der Waals surface area (Å²) in [6.07, 6.45) is 7.87. The molecule has 0 aliphatic heterocycles. The second-order valence-corrected chi connectivity index (χ2v) is 8.05. The highest BCUT2D eigenvalue weighted by Gasteiger charge is 2.29. The van der Waals surface area contributed by atoms with Gasteiger partial charge in [0.05, 0.1) is 24.3 Å². The van der Waals surface area contributed by atoms with Crippen LogP contribution in [0.3, 0.4) is 0 Å². The molecule has 0 bridgehead atoms. The summed E-state index contributed by atoms with van der Waals surface area (Å²) >= 11 is 0. The molecule has 1 aliphatic carbocycles. The highest BCUT2D eigenvalue weighted by molar-refractivity contribution is 7.88. The van der Waals surface area contributed by atoms with E-state index in [1.165, 1.54) is 6.26 Å². The van der Waals surface area contributed by atoms with Crippen LogP contribution in [0.25, 0.3) is 0 Å². The molecule has 5 nitrogen and oxygen atoms in total. The molecule has 0 heterocycles. The molecule has 0 spiro atoms. The number of nitrogens with zero attached hydrogens (tertiary/aromatic N) is 2. The van der Waals surface area contributed by atoms with Crippen LogP contribution in [0.1, 0.15) is 25.3 Å². The largest absolute Gasteiger partial charge is 0.369 e. The Kier molecular flexibility index (Phi) is 5.81. The van der Waals surface area contributed by atoms with Crippen LogP contribution >= 0.6 is 0 Å². The Morgan fingerprint density at radius 2 is 2.04 bits per heavy atom. The molecule has 0 radical (unpaired) electrons. The van der Waals surface area contributed by atoms with Crippen molar-refractivity contribution in [1.29, 1.82) is 5.26 Å². The fourth-order valence-electron chi connectivity index (χ4n) is 2.89. The summed E-state index contributed by atoms with van der Waals surface area (Å²) < 4.78 is 25.9. The van der Waals surface area contributed by atoms with Gasteiger partial charge in [0.25, 0.3) is 0 Å². The van der Waals surface area contributed by atoms with Crippen LogP contribution in [0.15, 0.2) is 54.3 Å². The van der Waals surface area contributed by atoms with Crippen LogP contribution in [0.4, 0.5) is 0 Å². The van der Waals surface area contributed by atoms with E-state index in [-0.39, 0.29) is 0 Å². The van der Waals surface area contributed by atoms with E-state index in [0.717, 1.165) is 11.3 Å². The molecule has 24 heavy (non-hydrogen) atoms. The summed E-state index contributed by atoms with van der Waals surface area (Å²) in [7, 11) is -3.31. The minimum Gasteiger partial charge on any atom is -0.369 e. The second-order valence-electron chi connectivity index (χ2n) is 6.30. The van der Waals surface area contributed by atoms with E-state index in [1.807, 2.05) is 55.5 Å². The lowest BCUT2D eigenvalue weighted by molar-refractivity contribution is 0.309. The van der Waals surface area contributed by atoms with Crippen LogP contribution in [0.2, 0.25) is 0 Å². The third kappa shape index (κ3) is 5.52. The fourth-order valence-corrected chi connectivity index (χ4v) is 3.88. The van der Waals surface area contributed by atoms with Crippen LogP contribution in [0, 0.1) is 11.3 Å². The van der Waals surface area contributed by atoms with E-state index in [4.69, 9.17) is 5.26 Å². The van der Waals surface area contributed by atoms with Gasteiger partial charge in [0.15, 0.2) is 0 Å². The van der Waals surface area contributed by atoms with Gasteiger partial charge in [-0.3, -0.25) is 0 Å². The molecular formula is C18H23N3O2S. The second kappa shape index (κ2) is 7.65. The van der Waals surface area contributed by atoms with Crippen molar-refractivity contribution in [2.45, 2.75) is 31.8 Å². The van der Waals surface area contributed by atoms with Crippen LogP contribution in [-0.2, 0) is 16.6 Å². The lowest BCUT2D eigenvalue weighted by atomic mass is 9.91. The molecule has 2 rings (SSSR count). The first-order chi connectivity index (χ1) is 11.3. The maximum atomic E-state index is 11.6. The van der Waals surface area contributed by atoms with E-state index in [9.17, 15) is 8.42 Å². The van der Waals surface area contributed by atoms with Crippen molar-refractivity contribution in [2.24, 2.45) is 0 Å². The number of hydrogen-bond donors (Lipinski definition) is 1. The summed E-state index contributed by atoms with van der Waals surface area (Å²) in [4.78, 5) is 2.14. The summed E-state index contributed by atoms with van der Waals surface area (Å²) in [5.74, 6) is 0. The first-order valence-electron chi connectivity index (χ1n) is 7.84. The Labute approximate surface area is 144 Å². The normalized spacial score (nSPS) is 20.3. The lowest BCUT2D eigenvalue weighted by Crippen LogP contribution is -2.46. The molecule has 1 aromatic rings. The minimum absolute atomic E-state index is 0.421. The Morgan fingerprint density at radius 3 is 2.67 bits per heavy atom. The smallest absolute Gasteiger partial charge is 0.209 e. The van der Waals surface area contributed by atoms with Crippen LogP contribution in [0.5, 0.6) is 0 Å². The first kappa shape index (κ1) is 18.2. The molecule has 1 aromatic carbocycles. The topological polar surface area (TPSA) is 73.2 Å². The number of rotatable bonds is 7. The Morgan fingerprint density at radius 1 is 1.33 bits per heavy atom. The van der Waals surface area contributed by atoms with Gasteiger partial charge in [0.1, 0.15) is 0 Å². The molecule has 0 fully saturated rings. The highest BCUT2D eigenvalue weighted by Crippen LogP contribution is 2.27. The third-order valence-corrected chi connectivity index (χ3v) is 4.67. The fraction of sp³-hybridized carbons (Fsp3) is 0.389. The van der Waals surface area contributed by atoms with E-state index in [2.05, 4.69) is 15.7 Å². The molecule has 1 N–H and O–H groups in total. The summed E-state index contributed by atoms with van der Waals surface area (Å²) in [6.45, 7) is 3.17. The van der Waals surface area contributed by atoms with Gasteiger partial charge in [-0.15, -0.1) is 0 Å². The number of nitrogens with one attached hydrogen (secondary N) is 1. The van der Waals surface area contributed by atoms with E-state index in [0.29, 0.717) is 25.9 Å². The van der Waals surface area contributed by atoms with Crippen LogP contribution in [-0.4, -0.2) is 31.7 Å². The summed E-state index contributed by atoms with van der Waals surface area (Å²) in [5, 5.41) is 8.93.